The number of halogens is 4. The van der Waals surface area contributed by atoms with Crippen molar-refractivity contribution in [1.82, 2.24) is 5.43 Å². The molecular weight excluding hydrogens is 376 g/mol. The molecule has 0 aliphatic heterocycles. The average molecular weight is 384 g/mol. The van der Waals surface area contributed by atoms with Crippen LogP contribution in [-0.4, -0.2) is 0 Å². The molecule has 0 radical (unpaired) electrons. The predicted molar refractivity (Wildman–Crippen MR) is 72.5 cm³/mol. The molecule has 1 unspecified atom stereocenters. The molecule has 0 fully saturated rings. The number of nitrogens with two attached hydrogens (primary N) is 1. The Kier molecular flexibility index (Phi) is 4.25. The van der Waals surface area contributed by atoms with Gasteiger partial charge in [-0.05, 0) is 45.7 Å². The van der Waals surface area contributed by atoms with E-state index in [-0.39, 0.29) is 5.56 Å². The van der Waals surface area contributed by atoms with Gasteiger partial charge in [0.25, 0.3) is 0 Å². The second-order valence-electron chi connectivity index (χ2n) is 3.55. The van der Waals surface area contributed by atoms with Crippen LogP contribution in [0.25, 0.3) is 0 Å². The van der Waals surface area contributed by atoms with Gasteiger partial charge in [-0.2, -0.15) is 0 Å². The number of benzene rings is 1. The van der Waals surface area contributed by atoms with E-state index in [2.05, 4.69) is 28.0 Å². The SMILES string of the molecule is NNC(c1csc(I)c1)c1ccc(F)c(F)c1F. The van der Waals surface area contributed by atoms with Crippen LogP contribution in [-0.2, 0) is 0 Å². The van der Waals surface area contributed by atoms with Crippen LogP contribution in [0.4, 0.5) is 13.2 Å². The van der Waals surface area contributed by atoms with Gasteiger partial charge < -0.3 is 0 Å². The first kappa shape index (κ1) is 13.8. The Morgan fingerprint density at radius 2 is 1.94 bits per heavy atom. The minimum absolute atomic E-state index is 0.0226. The second-order valence-corrected chi connectivity index (χ2v) is 6.35. The summed E-state index contributed by atoms with van der Waals surface area (Å²) in [6, 6.07) is 3.16. The van der Waals surface area contributed by atoms with Crippen molar-refractivity contribution in [2.75, 3.05) is 0 Å². The van der Waals surface area contributed by atoms with E-state index in [0.29, 0.717) is 5.56 Å². The summed E-state index contributed by atoms with van der Waals surface area (Å²) in [6.45, 7) is 0. The normalized spacial score (nSPS) is 12.7. The van der Waals surface area contributed by atoms with Crippen molar-refractivity contribution in [2.24, 2.45) is 5.84 Å². The number of rotatable bonds is 3. The van der Waals surface area contributed by atoms with Gasteiger partial charge in [-0.1, -0.05) is 6.07 Å². The Morgan fingerprint density at radius 3 is 2.50 bits per heavy atom. The van der Waals surface area contributed by atoms with Crippen molar-refractivity contribution < 1.29 is 13.2 Å². The molecule has 0 bridgehead atoms. The van der Waals surface area contributed by atoms with Crippen molar-refractivity contribution in [3.8, 4) is 0 Å². The van der Waals surface area contributed by atoms with Crippen molar-refractivity contribution in [1.29, 1.82) is 0 Å². The van der Waals surface area contributed by atoms with Gasteiger partial charge in [-0.15, -0.1) is 11.3 Å². The first-order chi connectivity index (χ1) is 8.54. The molecule has 2 nitrogen and oxygen atoms in total. The third-order valence-corrected chi connectivity index (χ3v) is 4.27. The summed E-state index contributed by atoms with van der Waals surface area (Å²) in [4.78, 5) is 0. The summed E-state index contributed by atoms with van der Waals surface area (Å²) in [6.07, 6.45) is 0. The molecule has 2 aromatic rings. The van der Waals surface area contributed by atoms with Crippen LogP contribution in [0.15, 0.2) is 23.6 Å². The summed E-state index contributed by atoms with van der Waals surface area (Å²) in [5.74, 6) is 1.45. The monoisotopic (exact) mass is 384 g/mol. The van der Waals surface area contributed by atoms with E-state index in [4.69, 9.17) is 5.84 Å². The molecular formula is C11H8F3IN2S. The Morgan fingerprint density at radius 1 is 1.22 bits per heavy atom. The van der Waals surface area contributed by atoms with E-state index in [9.17, 15) is 13.2 Å². The van der Waals surface area contributed by atoms with Gasteiger partial charge in [0.15, 0.2) is 17.5 Å². The fraction of sp³-hybridized carbons (Fsp3) is 0.0909. The molecule has 3 N–H and O–H groups in total. The van der Waals surface area contributed by atoms with Crippen LogP contribution < -0.4 is 11.3 Å². The van der Waals surface area contributed by atoms with Crippen molar-refractivity contribution in [3.63, 3.8) is 0 Å². The minimum Gasteiger partial charge on any atom is -0.271 e. The lowest BCUT2D eigenvalue weighted by Crippen LogP contribution is -2.29. The fourth-order valence-electron chi connectivity index (χ4n) is 1.60. The van der Waals surface area contributed by atoms with E-state index >= 15 is 0 Å². The third kappa shape index (κ3) is 2.53. The number of nitrogens with one attached hydrogen (secondary N) is 1. The minimum atomic E-state index is -1.49. The first-order valence-electron chi connectivity index (χ1n) is 4.88. The smallest absolute Gasteiger partial charge is 0.194 e. The number of hydrogen-bond acceptors (Lipinski definition) is 3. The Balaban J connectivity index is 2.49. The molecule has 0 saturated heterocycles. The van der Waals surface area contributed by atoms with Gasteiger partial charge in [0.05, 0.1) is 8.93 Å². The van der Waals surface area contributed by atoms with Gasteiger partial charge in [0.2, 0.25) is 0 Å². The van der Waals surface area contributed by atoms with Crippen LogP contribution in [0, 0.1) is 20.3 Å². The van der Waals surface area contributed by atoms with E-state index in [1.165, 1.54) is 17.4 Å². The molecule has 0 aliphatic carbocycles. The van der Waals surface area contributed by atoms with E-state index in [0.717, 1.165) is 8.95 Å². The van der Waals surface area contributed by atoms with Crippen molar-refractivity contribution in [2.45, 2.75) is 6.04 Å². The second kappa shape index (κ2) is 5.55. The molecule has 0 aliphatic rings. The molecule has 0 spiro atoms. The zero-order chi connectivity index (χ0) is 13.3. The van der Waals surface area contributed by atoms with Gasteiger partial charge in [0, 0.05) is 5.56 Å². The number of hydrazine groups is 1. The summed E-state index contributed by atoms with van der Waals surface area (Å²) in [5.41, 5.74) is 3.09. The summed E-state index contributed by atoms with van der Waals surface area (Å²) >= 11 is 3.57. The molecule has 1 atom stereocenters. The Labute approximate surface area is 119 Å². The van der Waals surface area contributed by atoms with Crippen LogP contribution in [0.2, 0.25) is 0 Å². The van der Waals surface area contributed by atoms with Gasteiger partial charge in [-0.25, -0.2) is 18.6 Å². The molecule has 2 rings (SSSR count). The molecule has 7 heteroatoms. The molecule has 0 saturated carbocycles. The van der Waals surface area contributed by atoms with E-state index < -0.39 is 23.5 Å². The van der Waals surface area contributed by atoms with E-state index in [1.54, 1.807) is 11.4 Å². The highest BCUT2D eigenvalue weighted by molar-refractivity contribution is 14.1. The summed E-state index contributed by atoms with van der Waals surface area (Å²) in [7, 11) is 0. The Bertz CT molecular complexity index is 573. The van der Waals surface area contributed by atoms with Crippen LogP contribution in [0.3, 0.4) is 0 Å². The quantitative estimate of drug-likeness (QED) is 0.369. The lowest BCUT2D eigenvalue weighted by Gasteiger charge is -2.16. The molecule has 1 aromatic carbocycles. The van der Waals surface area contributed by atoms with Gasteiger partial charge in [-0.3, -0.25) is 5.84 Å². The molecule has 0 amide bonds. The highest BCUT2D eigenvalue weighted by atomic mass is 127. The zero-order valence-corrected chi connectivity index (χ0v) is 11.9. The lowest BCUT2D eigenvalue weighted by atomic mass is 10.0. The lowest BCUT2D eigenvalue weighted by molar-refractivity contribution is 0.433. The predicted octanol–water partition coefficient (Wildman–Crippen LogP) is 3.32. The highest BCUT2D eigenvalue weighted by Gasteiger charge is 2.22. The Hall–Kier alpha value is -0.640. The van der Waals surface area contributed by atoms with Crippen molar-refractivity contribution >= 4 is 33.9 Å². The zero-order valence-electron chi connectivity index (χ0n) is 8.88. The van der Waals surface area contributed by atoms with Crippen molar-refractivity contribution in [3.05, 3.63) is 55.0 Å². The average Bonchev–Trinajstić information content (AvgIpc) is 2.77. The topological polar surface area (TPSA) is 38.0 Å². The largest absolute Gasteiger partial charge is 0.271 e. The fourth-order valence-corrected chi connectivity index (χ4v) is 3.00. The van der Waals surface area contributed by atoms with Crippen LogP contribution in [0.1, 0.15) is 17.2 Å². The number of hydrogen-bond donors (Lipinski definition) is 2. The maximum absolute atomic E-state index is 13.7. The standard InChI is InChI=1S/C11H8F3IN2S/c12-7-2-1-6(9(13)10(7)14)11(17-16)5-3-8(15)18-4-5/h1-4,11,17H,16H2. The molecule has 1 aromatic heterocycles. The first-order valence-corrected chi connectivity index (χ1v) is 6.84. The third-order valence-electron chi connectivity index (χ3n) is 2.46. The maximum atomic E-state index is 13.7. The summed E-state index contributed by atoms with van der Waals surface area (Å²) < 4.78 is 40.7. The number of thiophene rings is 1. The molecule has 96 valence electrons. The van der Waals surface area contributed by atoms with Crippen LogP contribution >= 0.6 is 33.9 Å². The van der Waals surface area contributed by atoms with Gasteiger partial charge >= 0.3 is 0 Å². The highest BCUT2D eigenvalue weighted by Crippen LogP contribution is 2.29. The maximum Gasteiger partial charge on any atom is 0.194 e. The summed E-state index contributed by atoms with van der Waals surface area (Å²) in [5, 5.41) is 1.78. The van der Waals surface area contributed by atoms with Crippen LogP contribution in [0.5, 0.6) is 0 Å². The van der Waals surface area contributed by atoms with E-state index in [1.807, 2.05) is 0 Å². The molecule has 1 heterocycles. The molecule has 18 heavy (non-hydrogen) atoms. The van der Waals surface area contributed by atoms with Gasteiger partial charge in [0.1, 0.15) is 0 Å².